The van der Waals surface area contributed by atoms with E-state index in [0.717, 1.165) is 12.1 Å². The number of hydrogen-bond acceptors (Lipinski definition) is 3. The van der Waals surface area contributed by atoms with Crippen molar-refractivity contribution in [1.29, 1.82) is 0 Å². The number of nitrogens with one attached hydrogen (secondary N) is 1. The van der Waals surface area contributed by atoms with E-state index >= 15 is 0 Å². The third kappa shape index (κ3) is 5.17. The van der Waals surface area contributed by atoms with E-state index in [9.17, 15) is 4.39 Å². The van der Waals surface area contributed by atoms with Gasteiger partial charge in [-0.15, -0.1) is 0 Å². The average Bonchev–Trinajstić information content (AvgIpc) is 2.34. The molecular formula is C15H25FN2O. The Morgan fingerprint density at radius 2 is 2.00 bits per heavy atom. The van der Waals surface area contributed by atoms with Crippen molar-refractivity contribution in [3.63, 3.8) is 0 Å². The van der Waals surface area contributed by atoms with Crippen molar-refractivity contribution in [1.82, 2.24) is 10.2 Å². The van der Waals surface area contributed by atoms with E-state index in [1.807, 2.05) is 6.07 Å². The summed E-state index contributed by atoms with van der Waals surface area (Å²) in [6.07, 6.45) is 0. The summed E-state index contributed by atoms with van der Waals surface area (Å²) >= 11 is 0. The second-order valence-electron chi connectivity index (χ2n) is 5.46. The van der Waals surface area contributed by atoms with Crippen molar-refractivity contribution >= 4 is 0 Å². The van der Waals surface area contributed by atoms with Crippen LogP contribution in [-0.2, 0) is 6.54 Å². The van der Waals surface area contributed by atoms with Gasteiger partial charge >= 0.3 is 0 Å². The molecule has 0 aliphatic heterocycles. The summed E-state index contributed by atoms with van der Waals surface area (Å²) in [5, 5.41) is 3.48. The third-order valence-electron chi connectivity index (χ3n) is 3.15. The van der Waals surface area contributed by atoms with Gasteiger partial charge in [-0.25, -0.2) is 4.39 Å². The van der Waals surface area contributed by atoms with Crippen LogP contribution in [0.25, 0.3) is 0 Å². The molecule has 0 spiro atoms. The van der Waals surface area contributed by atoms with Gasteiger partial charge in [0.25, 0.3) is 0 Å². The van der Waals surface area contributed by atoms with Gasteiger partial charge in [0.05, 0.1) is 7.11 Å². The van der Waals surface area contributed by atoms with Gasteiger partial charge in [0.2, 0.25) is 0 Å². The minimum atomic E-state index is -0.310. The van der Waals surface area contributed by atoms with Gasteiger partial charge in [-0.3, -0.25) is 0 Å². The maximum Gasteiger partial charge on any atom is 0.165 e. The number of rotatable bonds is 7. The second-order valence-corrected chi connectivity index (χ2v) is 5.46. The first-order chi connectivity index (χ1) is 8.93. The largest absolute Gasteiger partial charge is 0.494 e. The first-order valence-corrected chi connectivity index (χ1v) is 6.64. The average molecular weight is 268 g/mol. The molecule has 0 aliphatic rings. The lowest BCUT2D eigenvalue weighted by Crippen LogP contribution is -2.41. The number of nitrogens with zero attached hydrogens (tertiary/aromatic N) is 1. The molecule has 0 heterocycles. The summed E-state index contributed by atoms with van der Waals surface area (Å²) in [4.78, 5) is 2.16. The highest BCUT2D eigenvalue weighted by Gasteiger charge is 2.14. The normalized spacial score (nSPS) is 13.1. The minimum absolute atomic E-state index is 0.289. The minimum Gasteiger partial charge on any atom is -0.494 e. The molecule has 0 saturated heterocycles. The van der Waals surface area contributed by atoms with Gasteiger partial charge in [-0.05, 0) is 37.7 Å². The van der Waals surface area contributed by atoms with Crippen LogP contribution in [0.5, 0.6) is 5.75 Å². The van der Waals surface area contributed by atoms with E-state index in [4.69, 9.17) is 4.74 Å². The maximum absolute atomic E-state index is 13.6. The van der Waals surface area contributed by atoms with Crippen LogP contribution in [0.1, 0.15) is 19.4 Å². The first kappa shape index (κ1) is 15.9. The van der Waals surface area contributed by atoms with Gasteiger partial charge in [0.15, 0.2) is 11.6 Å². The van der Waals surface area contributed by atoms with Crippen molar-refractivity contribution in [2.45, 2.75) is 26.4 Å². The van der Waals surface area contributed by atoms with Gasteiger partial charge in [-0.1, -0.05) is 19.9 Å². The Morgan fingerprint density at radius 3 is 2.47 bits per heavy atom. The molecular weight excluding hydrogens is 243 g/mol. The van der Waals surface area contributed by atoms with Crippen molar-refractivity contribution in [2.24, 2.45) is 5.92 Å². The standard InChI is InChI=1S/C15H25FN2O/c1-11(2)14(10-18(3)4)17-9-12-6-7-15(19-5)13(16)8-12/h6-8,11,14,17H,9-10H2,1-5H3. The fourth-order valence-corrected chi connectivity index (χ4v) is 1.97. The van der Waals surface area contributed by atoms with Crippen LogP contribution in [0, 0.1) is 11.7 Å². The number of likely N-dealkylation sites (N-methyl/N-ethyl adjacent to an activating group) is 1. The first-order valence-electron chi connectivity index (χ1n) is 6.64. The van der Waals surface area contributed by atoms with E-state index in [0.29, 0.717) is 18.5 Å². The van der Waals surface area contributed by atoms with Crippen LogP contribution >= 0.6 is 0 Å². The third-order valence-corrected chi connectivity index (χ3v) is 3.15. The van der Waals surface area contributed by atoms with Gasteiger partial charge < -0.3 is 15.0 Å². The van der Waals surface area contributed by atoms with Crippen molar-refractivity contribution in [3.05, 3.63) is 29.6 Å². The fraction of sp³-hybridized carbons (Fsp3) is 0.600. The smallest absolute Gasteiger partial charge is 0.165 e. The van der Waals surface area contributed by atoms with E-state index in [1.54, 1.807) is 6.07 Å². The maximum atomic E-state index is 13.6. The summed E-state index contributed by atoms with van der Waals surface area (Å²) < 4.78 is 18.5. The number of methoxy groups -OCH3 is 1. The van der Waals surface area contributed by atoms with Gasteiger partial charge in [0.1, 0.15) is 0 Å². The quantitative estimate of drug-likeness (QED) is 0.822. The molecule has 0 aromatic heterocycles. The van der Waals surface area contributed by atoms with E-state index in [2.05, 4.69) is 38.2 Å². The lowest BCUT2D eigenvalue weighted by Gasteiger charge is -2.25. The zero-order valence-electron chi connectivity index (χ0n) is 12.5. The van der Waals surface area contributed by atoms with Crippen molar-refractivity contribution < 1.29 is 9.13 Å². The second kappa shape index (κ2) is 7.46. The van der Waals surface area contributed by atoms with Gasteiger partial charge in [-0.2, -0.15) is 0 Å². The zero-order valence-corrected chi connectivity index (χ0v) is 12.5. The monoisotopic (exact) mass is 268 g/mol. The van der Waals surface area contributed by atoms with Crippen LogP contribution in [-0.4, -0.2) is 38.7 Å². The van der Waals surface area contributed by atoms with E-state index in [1.165, 1.54) is 13.2 Å². The van der Waals surface area contributed by atoms with Crippen LogP contribution < -0.4 is 10.1 Å². The molecule has 3 nitrogen and oxygen atoms in total. The predicted octanol–water partition coefficient (Wildman–Crippen LogP) is 2.51. The Hall–Kier alpha value is -1.13. The number of hydrogen-bond donors (Lipinski definition) is 1. The molecule has 1 aromatic carbocycles. The summed E-state index contributed by atoms with van der Waals surface area (Å²) in [6, 6.07) is 5.48. The molecule has 1 atom stereocenters. The molecule has 1 unspecified atom stereocenters. The van der Waals surface area contributed by atoms with Crippen LogP contribution in [0.3, 0.4) is 0 Å². The Kier molecular flexibility index (Phi) is 6.25. The van der Waals surface area contributed by atoms with Crippen LogP contribution in [0.2, 0.25) is 0 Å². The lowest BCUT2D eigenvalue weighted by atomic mass is 10.0. The molecule has 0 bridgehead atoms. The Balaban J connectivity index is 2.61. The molecule has 1 rings (SSSR count). The van der Waals surface area contributed by atoms with E-state index < -0.39 is 0 Å². The SMILES string of the molecule is COc1ccc(CNC(CN(C)C)C(C)C)cc1F. The molecule has 1 N–H and O–H groups in total. The number of ether oxygens (including phenoxy) is 1. The van der Waals surface area contributed by atoms with Gasteiger partial charge in [0, 0.05) is 19.1 Å². The number of benzene rings is 1. The van der Waals surface area contributed by atoms with E-state index in [-0.39, 0.29) is 11.6 Å². The van der Waals surface area contributed by atoms with Crippen LogP contribution in [0.15, 0.2) is 18.2 Å². The highest BCUT2D eigenvalue weighted by Crippen LogP contribution is 2.17. The highest BCUT2D eigenvalue weighted by molar-refractivity contribution is 5.29. The summed E-state index contributed by atoms with van der Waals surface area (Å²) in [7, 11) is 5.59. The Bertz CT molecular complexity index is 394. The summed E-state index contributed by atoms with van der Waals surface area (Å²) in [5.41, 5.74) is 0.933. The molecule has 0 saturated carbocycles. The predicted molar refractivity (Wildman–Crippen MR) is 77.0 cm³/mol. The zero-order chi connectivity index (χ0) is 14.4. The molecule has 19 heavy (non-hydrogen) atoms. The van der Waals surface area contributed by atoms with Crippen LogP contribution in [0.4, 0.5) is 4.39 Å². The molecule has 1 aromatic rings. The molecule has 4 heteroatoms. The highest BCUT2D eigenvalue weighted by atomic mass is 19.1. The molecule has 0 amide bonds. The summed E-state index contributed by atoms with van der Waals surface area (Å²) in [6.45, 7) is 6.01. The molecule has 0 radical (unpaired) electrons. The molecule has 108 valence electrons. The summed E-state index contributed by atoms with van der Waals surface area (Å²) in [5.74, 6) is 0.512. The van der Waals surface area contributed by atoms with Crippen molar-refractivity contribution in [2.75, 3.05) is 27.7 Å². The number of halogens is 1. The fourth-order valence-electron chi connectivity index (χ4n) is 1.97. The van der Waals surface area contributed by atoms with Crippen molar-refractivity contribution in [3.8, 4) is 5.75 Å². The Morgan fingerprint density at radius 1 is 1.32 bits per heavy atom. The lowest BCUT2D eigenvalue weighted by molar-refractivity contribution is 0.288. The topological polar surface area (TPSA) is 24.5 Å². The molecule has 0 fully saturated rings. The Labute approximate surface area is 115 Å². The molecule has 0 aliphatic carbocycles.